The van der Waals surface area contributed by atoms with Gasteiger partial charge < -0.3 is 9.88 Å². The lowest BCUT2D eigenvalue weighted by Gasteiger charge is -2.22. The number of imidazole rings is 1. The number of amides is 1. The molecule has 3 aromatic rings. The summed E-state index contributed by atoms with van der Waals surface area (Å²) in [6.45, 7) is 0.312. The molecule has 4 nitrogen and oxygen atoms in total. The second-order valence-electron chi connectivity index (χ2n) is 6.34. The number of hydrogen-bond donors (Lipinski definition) is 1. The second-order valence-corrected chi connectivity index (χ2v) is 7.74. The third-order valence-electron chi connectivity index (χ3n) is 4.36. The Morgan fingerprint density at radius 1 is 1.31 bits per heavy atom. The fourth-order valence-electron chi connectivity index (χ4n) is 2.86. The molecule has 1 aliphatic carbocycles. The molecule has 0 aliphatic heterocycles. The standard InChI is InChI=1S/C19H17ClFN3OS/c20-13-5-8-16-17(9-13)23-19(22-16)26-11-18(25)24(14-6-7-14)10-12-3-1-2-4-15(12)21/h1-5,8-9,14H,6-7,10-11H2,(H,22,23). The summed E-state index contributed by atoms with van der Waals surface area (Å²) in [5.41, 5.74) is 2.21. The van der Waals surface area contributed by atoms with Crippen LogP contribution in [0.15, 0.2) is 47.6 Å². The Hall–Kier alpha value is -2.05. The van der Waals surface area contributed by atoms with Crippen molar-refractivity contribution >= 4 is 40.3 Å². The van der Waals surface area contributed by atoms with E-state index in [1.807, 2.05) is 12.1 Å². The van der Waals surface area contributed by atoms with Crippen LogP contribution in [0.1, 0.15) is 18.4 Å². The zero-order valence-corrected chi connectivity index (χ0v) is 15.5. The molecule has 134 valence electrons. The molecule has 1 saturated carbocycles. The third-order valence-corrected chi connectivity index (χ3v) is 5.45. The van der Waals surface area contributed by atoms with E-state index in [0.29, 0.717) is 22.3 Å². The van der Waals surface area contributed by atoms with Crippen molar-refractivity contribution in [2.75, 3.05) is 5.75 Å². The van der Waals surface area contributed by atoms with E-state index in [2.05, 4.69) is 9.97 Å². The molecule has 0 spiro atoms. The maximum absolute atomic E-state index is 13.9. The van der Waals surface area contributed by atoms with Crippen LogP contribution in [0.25, 0.3) is 11.0 Å². The molecule has 1 aromatic heterocycles. The first-order chi connectivity index (χ1) is 12.6. The van der Waals surface area contributed by atoms with E-state index in [4.69, 9.17) is 11.6 Å². The lowest BCUT2D eigenvalue weighted by atomic mass is 10.2. The van der Waals surface area contributed by atoms with Crippen molar-refractivity contribution < 1.29 is 9.18 Å². The number of aromatic amines is 1. The topological polar surface area (TPSA) is 49.0 Å². The number of nitrogens with zero attached hydrogens (tertiary/aromatic N) is 2. The molecule has 1 fully saturated rings. The minimum absolute atomic E-state index is 0.000702. The van der Waals surface area contributed by atoms with Gasteiger partial charge in [-0.3, -0.25) is 4.79 Å². The molecule has 0 saturated heterocycles. The van der Waals surface area contributed by atoms with E-state index >= 15 is 0 Å². The minimum atomic E-state index is -0.271. The predicted octanol–water partition coefficient (Wildman–Crippen LogP) is 4.64. The van der Waals surface area contributed by atoms with E-state index in [0.717, 1.165) is 23.9 Å². The van der Waals surface area contributed by atoms with Crippen LogP contribution in [0, 0.1) is 5.82 Å². The Morgan fingerprint density at radius 3 is 2.88 bits per heavy atom. The largest absolute Gasteiger partial charge is 0.335 e. The molecule has 0 bridgehead atoms. The Bertz CT molecular complexity index is 957. The van der Waals surface area contributed by atoms with Crippen LogP contribution < -0.4 is 0 Å². The molecule has 4 rings (SSSR count). The maximum Gasteiger partial charge on any atom is 0.233 e. The Morgan fingerprint density at radius 2 is 2.12 bits per heavy atom. The molecule has 0 atom stereocenters. The van der Waals surface area contributed by atoms with Gasteiger partial charge in [0.25, 0.3) is 0 Å². The summed E-state index contributed by atoms with van der Waals surface area (Å²) in [6, 6.07) is 12.3. The number of aromatic nitrogens is 2. The van der Waals surface area contributed by atoms with Crippen LogP contribution in [-0.2, 0) is 11.3 Å². The zero-order chi connectivity index (χ0) is 18.1. The fourth-order valence-corrected chi connectivity index (χ4v) is 3.80. The number of rotatable bonds is 6. The highest BCUT2D eigenvalue weighted by atomic mass is 35.5. The number of carbonyl (C=O) groups is 1. The summed E-state index contributed by atoms with van der Waals surface area (Å²) in [7, 11) is 0. The number of hydrogen-bond acceptors (Lipinski definition) is 3. The van der Waals surface area contributed by atoms with Gasteiger partial charge in [-0.15, -0.1) is 0 Å². The van der Waals surface area contributed by atoms with Crippen LogP contribution in [0.3, 0.4) is 0 Å². The summed E-state index contributed by atoms with van der Waals surface area (Å²) >= 11 is 7.34. The van der Waals surface area contributed by atoms with Crippen LogP contribution in [0.2, 0.25) is 5.02 Å². The zero-order valence-electron chi connectivity index (χ0n) is 13.9. The SMILES string of the molecule is O=C(CSc1nc2ccc(Cl)cc2[nH]1)N(Cc1ccccc1F)C1CC1. The number of carbonyl (C=O) groups excluding carboxylic acids is 1. The molecule has 1 aliphatic rings. The first kappa shape index (κ1) is 17.4. The quantitative estimate of drug-likeness (QED) is 0.625. The van der Waals surface area contributed by atoms with Gasteiger partial charge in [-0.2, -0.15) is 0 Å². The van der Waals surface area contributed by atoms with Crippen molar-refractivity contribution in [3.8, 4) is 0 Å². The van der Waals surface area contributed by atoms with Gasteiger partial charge in [-0.05, 0) is 37.1 Å². The van der Waals surface area contributed by atoms with Gasteiger partial charge in [0.15, 0.2) is 5.16 Å². The normalized spacial score (nSPS) is 13.9. The highest BCUT2D eigenvalue weighted by molar-refractivity contribution is 7.99. The first-order valence-electron chi connectivity index (χ1n) is 8.41. The lowest BCUT2D eigenvalue weighted by molar-refractivity contribution is -0.129. The third kappa shape index (κ3) is 3.86. The molecule has 1 heterocycles. The summed E-state index contributed by atoms with van der Waals surface area (Å²) < 4.78 is 13.9. The number of thioether (sulfide) groups is 1. The Balaban J connectivity index is 1.44. The number of nitrogens with one attached hydrogen (secondary N) is 1. The van der Waals surface area contributed by atoms with Gasteiger partial charge in [0, 0.05) is 23.2 Å². The van der Waals surface area contributed by atoms with Gasteiger partial charge in [-0.25, -0.2) is 9.37 Å². The van der Waals surface area contributed by atoms with Gasteiger partial charge >= 0.3 is 0 Å². The van der Waals surface area contributed by atoms with E-state index in [9.17, 15) is 9.18 Å². The van der Waals surface area contributed by atoms with Crippen molar-refractivity contribution in [1.82, 2.24) is 14.9 Å². The van der Waals surface area contributed by atoms with Gasteiger partial charge in [0.2, 0.25) is 5.91 Å². The fraction of sp³-hybridized carbons (Fsp3) is 0.263. The van der Waals surface area contributed by atoms with Crippen molar-refractivity contribution in [2.24, 2.45) is 0 Å². The molecule has 2 aromatic carbocycles. The monoisotopic (exact) mass is 389 g/mol. The highest BCUT2D eigenvalue weighted by Gasteiger charge is 2.32. The predicted molar refractivity (Wildman–Crippen MR) is 102 cm³/mol. The van der Waals surface area contributed by atoms with Crippen LogP contribution in [0.5, 0.6) is 0 Å². The molecule has 0 radical (unpaired) electrons. The lowest BCUT2D eigenvalue weighted by Crippen LogP contribution is -2.34. The first-order valence-corrected chi connectivity index (χ1v) is 9.77. The van der Waals surface area contributed by atoms with Crippen LogP contribution in [-0.4, -0.2) is 32.6 Å². The molecule has 1 amide bonds. The van der Waals surface area contributed by atoms with Crippen molar-refractivity contribution in [3.63, 3.8) is 0 Å². The average molecular weight is 390 g/mol. The molecular weight excluding hydrogens is 373 g/mol. The Labute approximate surface area is 159 Å². The number of halogens is 2. The van der Waals surface area contributed by atoms with E-state index in [1.54, 1.807) is 29.2 Å². The van der Waals surface area contributed by atoms with E-state index in [1.165, 1.54) is 17.8 Å². The highest BCUT2D eigenvalue weighted by Crippen LogP contribution is 2.30. The van der Waals surface area contributed by atoms with E-state index in [-0.39, 0.29) is 23.5 Å². The van der Waals surface area contributed by atoms with Crippen LogP contribution >= 0.6 is 23.4 Å². The number of fused-ring (bicyclic) bond motifs is 1. The van der Waals surface area contributed by atoms with E-state index < -0.39 is 0 Å². The smallest absolute Gasteiger partial charge is 0.233 e. The van der Waals surface area contributed by atoms with Gasteiger partial charge in [0.05, 0.1) is 16.8 Å². The number of benzene rings is 2. The summed E-state index contributed by atoms with van der Waals surface area (Å²) in [5.74, 6) is -0.00888. The molecule has 26 heavy (non-hydrogen) atoms. The van der Waals surface area contributed by atoms with Crippen molar-refractivity contribution in [1.29, 1.82) is 0 Å². The summed E-state index contributed by atoms with van der Waals surface area (Å²) in [6.07, 6.45) is 1.96. The summed E-state index contributed by atoms with van der Waals surface area (Å²) in [5, 5.41) is 1.32. The average Bonchev–Trinajstić information content (AvgIpc) is 3.38. The minimum Gasteiger partial charge on any atom is -0.335 e. The molecule has 1 N–H and O–H groups in total. The van der Waals surface area contributed by atoms with Gasteiger partial charge in [0.1, 0.15) is 5.82 Å². The van der Waals surface area contributed by atoms with Crippen LogP contribution in [0.4, 0.5) is 4.39 Å². The second kappa shape index (κ2) is 7.29. The van der Waals surface area contributed by atoms with Crippen molar-refractivity contribution in [2.45, 2.75) is 30.6 Å². The molecule has 7 heteroatoms. The number of H-pyrrole nitrogens is 1. The maximum atomic E-state index is 13.9. The van der Waals surface area contributed by atoms with Gasteiger partial charge in [-0.1, -0.05) is 41.6 Å². The summed E-state index contributed by atoms with van der Waals surface area (Å²) in [4.78, 5) is 22.1. The molecular formula is C19H17ClFN3OS. The van der Waals surface area contributed by atoms with Crippen molar-refractivity contribution in [3.05, 3.63) is 58.9 Å². The molecule has 0 unspecified atom stereocenters. The Kier molecular flexibility index (Phi) is 4.87.